The minimum absolute atomic E-state index is 0.0313. The average Bonchev–Trinajstić information content (AvgIpc) is 2.83. The molecule has 0 atom stereocenters. The Morgan fingerprint density at radius 1 is 1.17 bits per heavy atom. The summed E-state index contributed by atoms with van der Waals surface area (Å²) in [5.74, 6) is -0.441. The van der Waals surface area contributed by atoms with E-state index in [9.17, 15) is 14.0 Å². The van der Waals surface area contributed by atoms with E-state index < -0.39 is 0 Å². The van der Waals surface area contributed by atoms with Gasteiger partial charge in [-0.3, -0.25) is 9.59 Å². The summed E-state index contributed by atoms with van der Waals surface area (Å²) in [6.07, 6.45) is 7.05. The Balaban J connectivity index is 1.81. The van der Waals surface area contributed by atoms with Crippen molar-refractivity contribution in [1.82, 2.24) is 10.2 Å². The fourth-order valence-corrected chi connectivity index (χ4v) is 3.31. The molecule has 0 bridgehead atoms. The van der Waals surface area contributed by atoms with Crippen LogP contribution in [0.5, 0.6) is 0 Å². The maximum Gasteiger partial charge on any atom is 0.222 e. The molecule has 0 unspecified atom stereocenters. The van der Waals surface area contributed by atoms with Crippen molar-refractivity contribution in [2.45, 2.75) is 64.5 Å². The second-order valence-corrected chi connectivity index (χ2v) is 6.48. The number of nitrogens with zero attached hydrogens (tertiary/aromatic N) is 1. The molecular formula is C19H27FN2O2. The van der Waals surface area contributed by atoms with Crippen molar-refractivity contribution in [3.05, 3.63) is 35.6 Å². The number of hydrogen-bond acceptors (Lipinski definition) is 2. The first-order valence-electron chi connectivity index (χ1n) is 8.85. The Kier molecular flexibility index (Phi) is 7.22. The SMILES string of the molecule is CC(=O)N(CCC(=O)NCc1ccccc1F)C1CCCCCC1. The second kappa shape index (κ2) is 9.40. The van der Waals surface area contributed by atoms with Crippen LogP contribution in [0.25, 0.3) is 0 Å². The number of carbonyl (C=O) groups excluding carboxylic acids is 2. The number of rotatable bonds is 6. The molecule has 0 aromatic heterocycles. The Labute approximate surface area is 143 Å². The molecule has 0 radical (unpaired) electrons. The second-order valence-electron chi connectivity index (χ2n) is 6.48. The van der Waals surface area contributed by atoms with Crippen molar-refractivity contribution in [3.63, 3.8) is 0 Å². The van der Waals surface area contributed by atoms with Crippen molar-refractivity contribution in [1.29, 1.82) is 0 Å². The third kappa shape index (κ3) is 5.62. The molecule has 132 valence electrons. The molecule has 0 aliphatic heterocycles. The fourth-order valence-electron chi connectivity index (χ4n) is 3.31. The summed E-state index contributed by atoms with van der Waals surface area (Å²) in [6.45, 7) is 2.18. The predicted octanol–water partition coefficient (Wildman–Crippen LogP) is 3.40. The Morgan fingerprint density at radius 3 is 2.46 bits per heavy atom. The summed E-state index contributed by atoms with van der Waals surface area (Å²) in [4.78, 5) is 25.8. The quantitative estimate of drug-likeness (QED) is 0.811. The first-order chi connectivity index (χ1) is 11.6. The maximum atomic E-state index is 13.5. The summed E-state index contributed by atoms with van der Waals surface area (Å²) in [5, 5.41) is 2.73. The number of hydrogen-bond donors (Lipinski definition) is 1. The summed E-state index contributed by atoms with van der Waals surface area (Å²) in [5.41, 5.74) is 0.470. The van der Waals surface area contributed by atoms with Crippen LogP contribution in [0.1, 0.15) is 57.4 Å². The monoisotopic (exact) mass is 334 g/mol. The molecule has 1 N–H and O–H groups in total. The van der Waals surface area contributed by atoms with Gasteiger partial charge >= 0.3 is 0 Å². The molecule has 0 saturated heterocycles. The normalized spacial score (nSPS) is 15.6. The van der Waals surface area contributed by atoms with Crippen LogP contribution < -0.4 is 5.32 Å². The highest BCUT2D eigenvalue weighted by atomic mass is 19.1. The van der Waals surface area contributed by atoms with Gasteiger partial charge in [-0.25, -0.2) is 4.39 Å². The minimum atomic E-state index is -0.318. The summed E-state index contributed by atoms with van der Waals surface area (Å²) >= 11 is 0. The Morgan fingerprint density at radius 2 is 1.83 bits per heavy atom. The van der Waals surface area contributed by atoms with Crippen molar-refractivity contribution < 1.29 is 14.0 Å². The van der Waals surface area contributed by atoms with E-state index in [0.29, 0.717) is 12.1 Å². The van der Waals surface area contributed by atoms with Gasteiger partial charge in [0.25, 0.3) is 0 Å². The number of carbonyl (C=O) groups is 2. The zero-order valence-corrected chi connectivity index (χ0v) is 14.4. The lowest BCUT2D eigenvalue weighted by Crippen LogP contribution is -2.41. The van der Waals surface area contributed by atoms with Gasteiger partial charge in [-0.15, -0.1) is 0 Å². The number of nitrogens with one attached hydrogen (secondary N) is 1. The molecule has 0 spiro atoms. The zero-order valence-electron chi connectivity index (χ0n) is 14.4. The number of benzene rings is 1. The highest BCUT2D eigenvalue weighted by Gasteiger charge is 2.22. The van der Waals surface area contributed by atoms with E-state index in [0.717, 1.165) is 25.7 Å². The van der Waals surface area contributed by atoms with Crippen LogP contribution in [0.4, 0.5) is 4.39 Å². The average molecular weight is 334 g/mol. The molecule has 1 aliphatic rings. The molecule has 4 nitrogen and oxygen atoms in total. The van der Waals surface area contributed by atoms with E-state index >= 15 is 0 Å². The van der Waals surface area contributed by atoms with Crippen LogP contribution in [0, 0.1) is 5.82 Å². The van der Waals surface area contributed by atoms with Crippen LogP contribution in [-0.2, 0) is 16.1 Å². The van der Waals surface area contributed by atoms with Crippen molar-refractivity contribution in [2.24, 2.45) is 0 Å². The van der Waals surface area contributed by atoms with Crippen molar-refractivity contribution >= 4 is 11.8 Å². The third-order valence-corrected chi connectivity index (χ3v) is 4.68. The smallest absolute Gasteiger partial charge is 0.222 e. The molecule has 5 heteroatoms. The lowest BCUT2D eigenvalue weighted by molar-refractivity contribution is -0.132. The van der Waals surface area contributed by atoms with Gasteiger partial charge in [-0.1, -0.05) is 43.9 Å². The van der Waals surface area contributed by atoms with E-state index in [-0.39, 0.29) is 36.6 Å². The highest BCUT2D eigenvalue weighted by Crippen LogP contribution is 2.22. The topological polar surface area (TPSA) is 49.4 Å². The molecule has 2 amide bonds. The van der Waals surface area contributed by atoms with Crippen LogP contribution >= 0.6 is 0 Å². The minimum Gasteiger partial charge on any atom is -0.352 e. The number of halogens is 1. The van der Waals surface area contributed by atoms with Gasteiger partial charge in [0.05, 0.1) is 0 Å². The molecule has 2 rings (SSSR count). The number of amides is 2. The van der Waals surface area contributed by atoms with E-state index in [4.69, 9.17) is 0 Å². The predicted molar refractivity (Wildman–Crippen MR) is 91.7 cm³/mol. The van der Waals surface area contributed by atoms with E-state index in [1.807, 2.05) is 4.90 Å². The third-order valence-electron chi connectivity index (χ3n) is 4.68. The van der Waals surface area contributed by atoms with Gasteiger partial charge in [-0.05, 0) is 18.9 Å². The van der Waals surface area contributed by atoms with Crippen LogP contribution in [0.3, 0.4) is 0 Å². The molecule has 0 heterocycles. The first-order valence-corrected chi connectivity index (χ1v) is 8.85. The highest BCUT2D eigenvalue weighted by molar-refractivity contribution is 5.78. The molecular weight excluding hydrogens is 307 g/mol. The molecule has 1 aromatic carbocycles. The summed E-state index contributed by atoms with van der Waals surface area (Å²) in [6, 6.07) is 6.66. The van der Waals surface area contributed by atoms with Gasteiger partial charge in [0, 0.05) is 38.0 Å². The van der Waals surface area contributed by atoms with E-state index in [2.05, 4.69) is 5.32 Å². The first kappa shape index (κ1) is 18.4. The van der Waals surface area contributed by atoms with E-state index in [1.165, 1.54) is 18.9 Å². The van der Waals surface area contributed by atoms with Gasteiger partial charge < -0.3 is 10.2 Å². The van der Waals surface area contributed by atoms with Gasteiger partial charge in [-0.2, -0.15) is 0 Å². The van der Waals surface area contributed by atoms with Crippen molar-refractivity contribution in [3.8, 4) is 0 Å². The van der Waals surface area contributed by atoms with Gasteiger partial charge in [0.1, 0.15) is 5.82 Å². The fraction of sp³-hybridized carbons (Fsp3) is 0.579. The summed E-state index contributed by atoms with van der Waals surface area (Å²) in [7, 11) is 0. The lowest BCUT2D eigenvalue weighted by Gasteiger charge is -2.30. The largest absolute Gasteiger partial charge is 0.352 e. The Bertz CT molecular complexity index is 554. The standard InChI is InChI=1S/C19H27FN2O2/c1-15(23)22(17-9-4-2-3-5-10-17)13-12-19(24)21-14-16-8-6-7-11-18(16)20/h6-8,11,17H,2-5,9-10,12-14H2,1H3,(H,21,24). The van der Waals surface area contributed by atoms with E-state index in [1.54, 1.807) is 25.1 Å². The van der Waals surface area contributed by atoms with Gasteiger partial charge in [0.2, 0.25) is 11.8 Å². The molecule has 24 heavy (non-hydrogen) atoms. The molecule has 1 fully saturated rings. The Hall–Kier alpha value is -1.91. The lowest BCUT2D eigenvalue weighted by atomic mass is 10.1. The molecule has 1 saturated carbocycles. The van der Waals surface area contributed by atoms with Gasteiger partial charge in [0.15, 0.2) is 0 Å². The zero-order chi connectivity index (χ0) is 17.4. The van der Waals surface area contributed by atoms with Crippen LogP contribution in [-0.4, -0.2) is 29.3 Å². The summed E-state index contributed by atoms with van der Waals surface area (Å²) < 4.78 is 13.5. The van der Waals surface area contributed by atoms with Crippen molar-refractivity contribution in [2.75, 3.05) is 6.54 Å². The maximum absolute atomic E-state index is 13.5. The molecule has 1 aliphatic carbocycles. The molecule has 1 aromatic rings. The van der Waals surface area contributed by atoms with Crippen LogP contribution in [0.15, 0.2) is 24.3 Å². The van der Waals surface area contributed by atoms with Crippen LogP contribution in [0.2, 0.25) is 0 Å².